The SMILES string of the molecule is CC(=O)N[C@H]1[C@H](OCCCCCCN)O[C@H](CO)[C@@H](O[C@@H]2O[C@H](CO)[C@H](O)[C@H](O[C@@H]3O[C@H](CO)[C@@H](O)[C@H](O[C@@H]4O[C@H](CO)[C@H](O)[C@H](O)[C@H]4O)[C@H]3NC(C)=O)[C@H]2O)[C@@H]1O. The zero-order chi connectivity index (χ0) is 42.8. The minimum Gasteiger partial charge on any atom is -0.394 e. The van der Waals surface area contributed by atoms with Gasteiger partial charge in [0.15, 0.2) is 25.2 Å². The number of nitrogens with one attached hydrogen (secondary N) is 2. The minimum atomic E-state index is -2.03. The van der Waals surface area contributed by atoms with Gasteiger partial charge in [0.05, 0.1) is 26.4 Å². The van der Waals surface area contributed by atoms with Crippen LogP contribution in [-0.4, -0.2) is 230 Å². The van der Waals surface area contributed by atoms with E-state index < -0.39 is 161 Å². The third-order valence-corrected chi connectivity index (χ3v) is 10.4. The Kier molecular flexibility index (Phi) is 19.2. The van der Waals surface area contributed by atoms with Gasteiger partial charge in [0.25, 0.3) is 0 Å². The summed E-state index contributed by atoms with van der Waals surface area (Å²) in [6.45, 7) is -0.398. The summed E-state index contributed by atoms with van der Waals surface area (Å²) in [7, 11) is 0. The fourth-order valence-electron chi connectivity index (χ4n) is 7.27. The summed E-state index contributed by atoms with van der Waals surface area (Å²) in [6, 6.07) is -2.86. The van der Waals surface area contributed by atoms with Crippen LogP contribution in [0, 0.1) is 0 Å². The van der Waals surface area contributed by atoms with Gasteiger partial charge < -0.3 is 110 Å². The second-order valence-electron chi connectivity index (χ2n) is 14.7. The number of ether oxygens (including phenoxy) is 8. The van der Waals surface area contributed by atoms with Crippen LogP contribution in [0.4, 0.5) is 0 Å². The highest BCUT2D eigenvalue weighted by atomic mass is 16.8. The molecule has 0 radical (unpaired) electrons. The fraction of sp³-hybridized carbons (Fsp3) is 0.941. The Morgan fingerprint density at radius 2 is 0.966 bits per heavy atom. The Morgan fingerprint density at radius 3 is 1.53 bits per heavy atom. The molecule has 0 spiro atoms. The maximum atomic E-state index is 12.5. The van der Waals surface area contributed by atoms with Crippen LogP contribution in [0.2, 0.25) is 0 Å². The van der Waals surface area contributed by atoms with E-state index in [-0.39, 0.29) is 6.61 Å². The summed E-state index contributed by atoms with van der Waals surface area (Å²) in [4.78, 5) is 24.6. The van der Waals surface area contributed by atoms with E-state index in [1.807, 2.05) is 0 Å². The molecule has 20 atom stereocenters. The van der Waals surface area contributed by atoms with Crippen molar-refractivity contribution >= 4 is 11.8 Å². The van der Waals surface area contributed by atoms with E-state index in [1.165, 1.54) is 6.92 Å². The highest BCUT2D eigenvalue weighted by Crippen LogP contribution is 2.35. The van der Waals surface area contributed by atoms with E-state index in [9.17, 15) is 65.8 Å². The van der Waals surface area contributed by atoms with E-state index in [0.29, 0.717) is 13.0 Å². The zero-order valence-electron chi connectivity index (χ0n) is 32.2. The molecule has 4 rings (SSSR count). The molecule has 24 nitrogen and oxygen atoms in total. The van der Waals surface area contributed by atoms with E-state index in [4.69, 9.17) is 43.6 Å². The monoisotopic (exact) mass is 847 g/mol. The number of nitrogens with two attached hydrogens (primary N) is 1. The molecular formula is C34H61N3O21. The normalized spacial score (nSPS) is 43.5. The van der Waals surface area contributed by atoms with Gasteiger partial charge in [-0.1, -0.05) is 12.8 Å². The van der Waals surface area contributed by atoms with E-state index >= 15 is 0 Å². The number of unbranched alkanes of at least 4 members (excludes halogenated alkanes) is 3. The predicted octanol–water partition coefficient (Wildman–Crippen LogP) is -7.92. The van der Waals surface area contributed by atoms with Crippen molar-refractivity contribution in [2.24, 2.45) is 5.73 Å². The molecule has 0 bridgehead atoms. The maximum Gasteiger partial charge on any atom is 0.217 e. The largest absolute Gasteiger partial charge is 0.394 e. The first-order valence-corrected chi connectivity index (χ1v) is 19.3. The third-order valence-electron chi connectivity index (χ3n) is 10.4. The molecule has 0 unspecified atom stereocenters. The summed E-state index contributed by atoms with van der Waals surface area (Å²) >= 11 is 0. The van der Waals surface area contributed by atoms with Crippen molar-refractivity contribution in [3.05, 3.63) is 0 Å². The quantitative estimate of drug-likeness (QED) is 0.0537. The Hall–Kier alpha value is -1.86. The lowest BCUT2D eigenvalue weighted by molar-refractivity contribution is -0.377. The van der Waals surface area contributed by atoms with Crippen molar-refractivity contribution in [3.8, 4) is 0 Å². The number of carbonyl (C=O) groups excluding carboxylic acids is 2. The number of rotatable bonds is 19. The van der Waals surface area contributed by atoms with Crippen LogP contribution in [0.25, 0.3) is 0 Å². The van der Waals surface area contributed by atoms with E-state index in [0.717, 1.165) is 26.2 Å². The minimum absolute atomic E-state index is 0.173. The lowest BCUT2D eigenvalue weighted by atomic mass is 9.94. The number of aliphatic hydroxyl groups is 11. The van der Waals surface area contributed by atoms with Crippen LogP contribution in [0.3, 0.4) is 0 Å². The van der Waals surface area contributed by atoms with Gasteiger partial charge in [-0.15, -0.1) is 0 Å². The van der Waals surface area contributed by atoms with Crippen molar-refractivity contribution in [3.63, 3.8) is 0 Å². The van der Waals surface area contributed by atoms with Gasteiger partial charge in [0.2, 0.25) is 11.8 Å². The topological polar surface area (TPSA) is 381 Å². The molecule has 4 aliphatic rings. The van der Waals surface area contributed by atoms with Gasteiger partial charge in [-0.05, 0) is 19.4 Å². The van der Waals surface area contributed by atoms with Gasteiger partial charge in [-0.25, -0.2) is 0 Å². The smallest absolute Gasteiger partial charge is 0.217 e. The second kappa shape index (κ2) is 22.8. The molecule has 2 amide bonds. The van der Waals surface area contributed by atoms with E-state index in [1.54, 1.807) is 0 Å². The summed E-state index contributed by atoms with van der Waals surface area (Å²) in [5, 5.41) is 122. The number of amides is 2. The molecule has 0 aromatic rings. The van der Waals surface area contributed by atoms with Gasteiger partial charge in [-0.2, -0.15) is 0 Å². The molecule has 15 N–H and O–H groups in total. The first-order chi connectivity index (χ1) is 27.6. The molecule has 0 saturated carbocycles. The summed E-state index contributed by atoms with van der Waals surface area (Å²) < 4.78 is 46.3. The van der Waals surface area contributed by atoms with Crippen molar-refractivity contribution < 1.29 is 104 Å². The van der Waals surface area contributed by atoms with Crippen LogP contribution in [0.1, 0.15) is 39.5 Å². The molecule has 4 heterocycles. The highest BCUT2D eigenvalue weighted by molar-refractivity contribution is 5.73. The fourth-order valence-corrected chi connectivity index (χ4v) is 7.27. The lowest BCUT2D eigenvalue weighted by Gasteiger charge is -2.50. The second-order valence-corrected chi connectivity index (χ2v) is 14.7. The molecule has 0 aromatic carbocycles. The summed E-state index contributed by atoms with van der Waals surface area (Å²) in [5.41, 5.74) is 5.54. The molecule has 0 aromatic heterocycles. The van der Waals surface area contributed by atoms with Gasteiger partial charge in [0.1, 0.15) is 97.5 Å². The van der Waals surface area contributed by atoms with Gasteiger partial charge >= 0.3 is 0 Å². The molecule has 4 saturated heterocycles. The van der Waals surface area contributed by atoms with E-state index in [2.05, 4.69) is 10.6 Å². The number of carbonyl (C=O) groups is 2. The number of aliphatic hydroxyl groups excluding tert-OH is 11. The Morgan fingerprint density at radius 1 is 0.500 bits per heavy atom. The van der Waals surface area contributed by atoms with Gasteiger partial charge in [-0.3, -0.25) is 9.59 Å². The molecular weight excluding hydrogens is 786 g/mol. The van der Waals surface area contributed by atoms with Crippen LogP contribution in [0.5, 0.6) is 0 Å². The van der Waals surface area contributed by atoms with Crippen LogP contribution < -0.4 is 16.4 Å². The molecule has 58 heavy (non-hydrogen) atoms. The summed E-state index contributed by atoms with van der Waals surface area (Å²) in [5.74, 6) is -1.33. The highest BCUT2D eigenvalue weighted by Gasteiger charge is 2.56. The average Bonchev–Trinajstić information content (AvgIpc) is 3.19. The van der Waals surface area contributed by atoms with Crippen LogP contribution >= 0.6 is 0 Å². The van der Waals surface area contributed by atoms with Crippen molar-refractivity contribution in [1.82, 2.24) is 10.6 Å². The molecule has 0 aliphatic carbocycles. The maximum absolute atomic E-state index is 12.5. The molecule has 4 aliphatic heterocycles. The first kappa shape index (κ1) is 48.8. The third kappa shape index (κ3) is 11.7. The van der Waals surface area contributed by atoms with Gasteiger partial charge in [0, 0.05) is 20.5 Å². The predicted molar refractivity (Wildman–Crippen MR) is 188 cm³/mol. The standard InChI is InChI=1S/C34H61N3O21/c1-13(42)36-19-24(47)28(18(12-41)55-31(19)51-8-6-4-3-5-7-35)56-34-27(50)30(23(46)17(11-40)54-34)58-32-20(37-14(2)43)29(22(45)16(10-39)52-32)57-33-26(49)25(48)21(44)15(9-38)53-33/h15-34,38-41,44-50H,3-12,35H2,1-2H3,(H,36,42)(H,37,43)/t15-,16-,17-,18-,19-,20-,21+,22-,23+,24-,25+,26-,27-,28-,29-,30+,31-,32+,33+,34+/m1/s1. The Balaban J connectivity index is 1.57. The summed E-state index contributed by atoms with van der Waals surface area (Å²) in [6.07, 6.45) is -27.7. The van der Waals surface area contributed by atoms with Crippen molar-refractivity contribution in [1.29, 1.82) is 0 Å². The Labute approximate surface area is 333 Å². The zero-order valence-corrected chi connectivity index (χ0v) is 32.2. The number of hydrogen-bond donors (Lipinski definition) is 14. The molecule has 4 fully saturated rings. The Bertz CT molecular complexity index is 1260. The average molecular weight is 848 g/mol. The van der Waals surface area contributed by atoms with Crippen molar-refractivity contribution in [2.45, 2.75) is 162 Å². The first-order valence-electron chi connectivity index (χ1n) is 19.3. The molecule has 24 heteroatoms. The van der Waals surface area contributed by atoms with Crippen LogP contribution in [-0.2, 0) is 47.5 Å². The number of hydrogen-bond acceptors (Lipinski definition) is 22. The van der Waals surface area contributed by atoms with Crippen LogP contribution in [0.15, 0.2) is 0 Å². The van der Waals surface area contributed by atoms with Crippen molar-refractivity contribution in [2.75, 3.05) is 39.6 Å². The lowest BCUT2D eigenvalue weighted by Crippen LogP contribution is -2.70. The molecule has 338 valence electrons.